The summed E-state index contributed by atoms with van der Waals surface area (Å²) in [5, 5.41) is 0. The normalized spacial score (nSPS) is 14.8. The van der Waals surface area contributed by atoms with E-state index in [4.69, 9.17) is 0 Å². The lowest BCUT2D eigenvalue weighted by Crippen LogP contribution is -3.12. The summed E-state index contributed by atoms with van der Waals surface area (Å²) in [5.41, 5.74) is 2.39. The molecule has 118 valence electrons. The minimum absolute atomic E-state index is 0.737. The maximum atomic E-state index is 3.40. The average molecular weight is 305 g/mol. The first-order chi connectivity index (χ1) is 11.4. The van der Waals surface area contributed by atoms with Gasteiger partial charge in [-0.25, -0.2) is 0 Å². The van der Waals surface area contributed by atoms with Crippen LogP contribution in [0.15, 0.2) is 60.7 Å². The van der Waals surface area contributed by atoms with Gasteiger partial charge in [-0.3, -0.25) is 0 Å². The minimum atomic E-state index is 0.737. The van der Waals surface area contributed by atoms with Gasteiger partial charge in [0, 0.05) is 11.4 Å². The lowest BCUT2D eigenvalue weighted by molar-refractivity contribution is -0.897. The Bertz CT molecular complexity index is 594. The van der Waals surface area contributed by atoms with E-state index in [0.717, 1.165) is 13.1 Å². The van der Waals surface area contributed by atoms with Gasteiger partial charge in [0.1, 0.15) is 6.54 Å². The standard InChI is InChI=1S/C21H24N2/c1-4-12-20(13-5-1)23(21-14-6-2-7-15-21)19-11-10-18-22-16-8-3-9-17-22/h1-2,4-7,12-15H,3,8-9,16-19H2/p+1. The molecule has 0 spiro atoms. The summed E-state index contributed by atoms with van der Waals surface area (Å²) < 4.78 is 0. The van der Waals surface area contributed by atoms with Gasteiger partial charge in [0.25, 0.3) is 0 Å². The van der Waals surface area contributed by atoms with E-state index in [9.17, 15) is 0 Å². The number of para-hydroxylation sites is 2. The molecule has 2 heteroatoms. The molecule has 1 heterocycles. The molecule has 0 aromatic heterocycles. The van der Waals surface area contributed by atoms with E-state index in [1.165, 1.54) is 43.7 Å². The molecule has 0 atom stereocenters. The van der Waals surface area contributed by atoms with Gasteiger partial charge < -0.3 is 9.80 Å². The third kappa shape index (κ3) is 4.61. The molecule has 0 bridgehead atoms. The van der Waals surface area contributed by atoms with Crippen molar-refractivity contribution < 1.29 is 4.90 Å². The fourth-order valence-electron chi connectivity index (χ4n) is 3.10. The fraction of sp³-hybridized carbons (Fsp3) is 0.333. The molecule has 1 N–H and O–H groups in total. The molecule has 2 nitrogen and oxygen atoms in total. The van der Waals surface area contributed by atoms with Crippen molar-refractivity contribution in [2.45, 2.75) is 19.3 Å². The van der Waals surface area contributed by atoms with Crippen LogP contribution in [-0.4, -0.2) is 26.2 Å². The van der Waals surface area contributed by atoms with Gasteiger partial charge in [-0.2, -0.15) is 0 Å². The zero-order valence-corrected chi connectivity index (χ0v) is 13.7. The topological polar surface area (TPSA) is 7.68 Å². The number of rotatable bonds is 4. The maximum Gasteiger partial charge on any atom is 0.139 e. The van der Waals surface area contributed by atoms with Crippen LogP contribution in [0, 0.1) is 11.8 Å². The summed E-state index contributed by atoms with van der Waals surface area (Å²) >= 11 is 0. The number of quaternary nitrogens is 1. The van der Waals surface area contributed by atoms with Crippen molar-refractivity contribution in [2.75, 3.05) is 31.1 Å². The van der Waals surface area contributed by atoms with E-state index in [-0.39, 0.29) is 0 Å². The van der Waals surface area contributed by atoms with Gasteiger partial charge in [0.2, 0.25) is 0 Å². The molecular formula is C21H25N2+. The molecule has 1 aliphatic rings. The molecule has 1 fully saturated rings. The number of nitrogens with zero attached hydrogens (tertiary/aromatic N) is 1. The van der Waals surface area contributed by atoms with Crippen molar-refractivity contribution in [1.29, 1.82) is 0 Å². The van der Waals surface area contributed by atoms with Crippen LogP contribution in [0.25, 0.3) is 0 Å². The van der Waals surface area contributed by atoms with Crippen LogP contribution in [-0.2, 0) is 0 Å². The summed E-state index contributed by atoms with van der Waals surface area (Å²) in [7, 11) is 0. The molecule has 2 aromatic rings. The molecule has 3 rings (SSSR count). The Morgan fingerprint density at radius 1 is 0.739 bits per heavy atom. The van der Waals surface area contributed by atoms with Crippen molar-refractivity contribution in [3.05, 3.63) is 60.7 Å². The first kappa shape index (κ1) is 15.6. The summed E-state index contributed by atoms with van der Waals surface area (Å²) in [5.74, 6) is 6.78. The second kappa shape index (κ2) is 8.41. The monoisotopic (exact) mass is 305 g/mol. The Kier molecular flexibility index (Phi) is 5.72. The molecule has 23 heavy (non-hydrogen) atoms. The predicted molar refractivity (Wildman–Crippen MR) is 97.1 cm³/mol. The minimum Gasteiger partial charge on any atom is -0.330 e. The summed E-state index contributed by atoms with van der Waals surface area (Å²) in [6, 6.07) is 21.0. The molecule has 0 saturated carbocycles. The fourth-order valence-corrected chi connectivity index (χ4v) is 3.10. The third-order valence-corrected chi connectivity index (χ3v) is 4.40. The van der Waals surface area contributed by atoms with E-state index in [1.807, 2.05) is 0 Å². The highest BCUT2D eigenvalue weighted by atomic mass is 15.1. The Labute approximate surface area is 139 Å². The molecule has 0 aliphatic carbocycles. The van der Waals surface area contributed by atoms with Crippen molar-refractivity contribution in [3.8, 4) is 11.8 Å². The number of benzene rings is 2. The van der Waals surface area contributed by atoms with Crippen LogP contribution in [0.2, 0.25) is 0 Å². The van der Waals surface area contributed by atoms with Gasteiger partial charge in [-0.15, -0.1) is 0 Å². The van der Waals surface area contributed by atoms with Crippen LogP contribution in [0.3, 0.4) is 0 Å². The van der Waals surface area contributed by atoms with Crippen LogP contribution in [0.5, 0.6) is 0 Å². The zero-order chi connectivity index (χ0) is 15.7. The first-order valence-electron chi connectivity index (χ1n) is 8.60. The van der Waals surface area contributed by atoms with Gasteiger partial charge >= 0.3 is 0 Å². The second-order valence-electron chi connectivity index (χ2n) is 6.10. The molecule has 0 unspecified atom stereocenters. The molecule has 2 aromatic carbocycles. The number of hydrogen-bond acceptors (Lipinski definition) is 1. The van der Waals surface area contributed by atoms with E-state index < -0.39 is 0 Å². The molecule has 0 amide bonds. The van der Waals surface area contributed by atoms with Gasteiger partial charge in [-0.05, 0) is 49.4 Å². The maximum absolute atomic E-state index is 3.40. The van der Waals surface area contributed by atoms with Crippen LogP contribution in [0.4, 0.5) is 11.4 Å². The third-order valence-electron chi connectivity index (χ3n) is 4.40. The lowest BCUT2D eigenvalue weighted by atomic mass is 10.1. The highest BCUT2D eigenvalue weighted by molar-refractivity contribution is 5.63. The average Bonchev–Trinajstić information content (AvgIpc) is 2.64. The molecular weight excluding hydrogens is 280 g/mol. The Morgan fingerprint density at radius 3 is 1.87 bits per heavy atom. The van der Waals surface area contributed by atoms with Crippen molar-refractivity contribution in [1.82, 2.24) is 0 Å². The Balaban J connectivity index is 1.67. The highest BCUT2D eigenvalue weighted by Crippen LogP contribution is 2.23. The van der Waals surface area contributed by atoms with Crippen molar-refractivity contribution in [2.24, 2.45) is 0 Å². The van der Waals surface area contributed by atoms with Crippen LogP contribution >= 0.6 is 0 Å². The SMILES string of the molecule is C(#CC[NH+]1CCCCC1)CN(c1ccccc1)c1ccccc1. The molecule has 1 saturated heterocycles. The second-order valence-corrected chi connectivity index (χ2v) is 6.10. The number of hydrogen-bond donors (Lipinski definition) is 1. The zero-order valence-electron chi connectivity index (χ0n) is 13.7. The van der Waals surface area contributed by atoms with E-state index in [0.29, 0.717) is 0 Å². The van der Waals surface area contributed by atoms with E-state index in [2.05, 4.69) is 77.4 Å². The van der Waals surface area contributed by atoms with Gasteiger partial charge in [0.15, 0.2) is 0 Å². The van der Waals surface area contributed by atoms with Crippen LogP contribution < -0.4 is 9.80 Å². The number of nitrogens with one attached hydrogen (secondary N) is 1. The summed E-state index contributed by atoms with van der Waals surface area (Å²) in [4.78, 5) is 3.92. The van der Waals surface area contributed by atoms with E-state index >= 15 is 0 Å². The van der Waals surface area contributed by atoms with E-state index in [1.54, 1.807) is 4.90 Å². The first-order valence-corrected chi connectivity index (χ1v) is 8.60. The Hall–Kier alpha value is -2.24. The van der Waals surface area contributed by atoms with Crippen LogP contribution in [0.1, 0.15) is 19.3 Å². The summed E-state index contributed by atoms with van der Waals surface area (Å²) in [6.07, 6.45) is 4.11. The van der Waals surface area contributed by atoms with Gasteiger partial charge in [0.05, 0.1) is 19.6 Å². The van der Waals surface area contributed by atoms with Crippen molar-refractivity contribution in [3.63, 3.8) is 0 Å². The smallest absolute Gasteiger partial charge is 0.139 e. The predicted octanol–water partition coefficient (Wildman–Crippen LogP) is 2.90. The largest absolute Gasteiger partial charge is 0.330 e. The molecule has 1 aliphatic heterocycles. The molecule has 0 radical (unpaired) electrons. The summed E-state index contributed by atoms with van der Waals surface area (Å²) in [6.45, 7) is 4.30. The quantitative estimate of drug-likeness (QED) is 0.854. The number of likely N-dealkylation sites (tertiary alicyclic amines) is 1. The van der Waals surface area contributed by atoms with Gasteiger partial charge in [-0.1, -0.05) is 42.3 Å². The Morgan fingerprint density at radius 2 is 1.30 bits per heavy atom. The number of piperidine rings is 1. The van der Waals surface area contributed by atoms with Crippen molar-refractivity contribution >= 4 is 11.4 Å². The number of anilines is 2. The highest BCUT2D eigenvalue weighted by Gasteiger charge is 2.11. The lowest BCUT2D eigenvalue weighted by Gasteiger charge is -2.23.